The zero-order valence-corrected chi connectivity index (χ0v) is 13.5. The van der Waals surface area contributed by atoms with Crippen molar-refractivity contribution in [1.82, 2.24) is 10.2 Å². The van der Waals surface area contributed by atoms with Crippen LogP contribution in [0.2, 0.25) is 0 Å². The lowest BCUT2D eigenvalue weighted by Gasteiger charge is -2.37. The summed E-state index contributed by atoms with van der Waals surface area (Å²) in [6.07, 6.45) is 1.77. The Bertz CT molecular complexity index is 567. The molecule has 22 heavy (non-hydrogen) atoms. The zero-order valence-electron chi connectivity index (χ0n) is 13.5. The predicted octanol–water partition coefficient (Wildman–Crippen LogP) is 1.63. The van der Waals surface area contributed by atoms with Gasteiger partial charge < -0.3 is 19.7 Å². The highest BCUT2D eigenvalue weighted by atomic mass is 16.5. The number of carbonyl (C=O) groups excluding carboxylic acids is 1. The molecule has 0 aliphatic carbocycles. The van der Waals surface area contributed by atoms with Crippen LogP contribution in [0, 0.1) is 5.41 Å². The highest BCUT2D eigenvalue weighted by Gasteiger charge is 2.54. The smallest absolute Gasteiger partial charge is 0.229 e. The summed E-state index contributed by atoms with van der Waals surface area (Å²) >= 11 is 0. The fourth-order valence-electron chi connectivity index (χ4n) is 4.00. The van der Waals surface area contributed by atoms with Gasteiger partial charge in [0, 0.05) is 31.1 Å². The number of hydrogen-bond acceptors (Lipinski definition) is 4. The van der Waals surface area contributed by atoms with Crippen molar-refractivity contribution >= 4 is 5.91 Å². The van der Waals surface area contributed by atoms with Crippen LogP contribution in [0.5, 0.6) is 11.5 Å². The van der Waals surface area contributed by atoms with Crippen molar-refractivity contribution in [1.29, 1.82) is 0 Å². The van der Waals surface area contributed by atoms with Gasteiger partial charge in [0.1, 0.15) is 11.5 Å². The third kappa shape index (κ3) is 2.24. The Morgan fingerprint density at radius 2 is 1.95 bits per heavy atom. The number of amides is 1. The average molecular weight is 304 g/mol. The van der Waals surface area contributed by atoms with E-state index in [1.807, 2.05) is 24.1 Å². The van der Waals surface area contributed by atoms with Gasteiger partial charge in [0.05, 0.1) is 19.6 Å². The van der Waals surface area contributed by atoms with Gasteiger partial charge in [-0.3, -0.25) is 4.79 Å². The molecule has 1 atom stereocenters. The van der Waals surface area contributed by atoms with Crippen molar-refractivity contribution in [3.05, 3.63) is 23.8 Å². The lowest BCUT2D eigenvalue weighted by molar-refractivity contribution is -0.136. The van der Waals surface area contributed by atoms with E-state index in [4.69, 9.17) is 9.47 Å². The van der Waals surface area contributed by atoms with E-state index in [1.165, 1.54) is 0 Å². The Hall–Kier alpha value is -1.75. The molecule has 0 aromatic heterocycles. The Balaban J connectivity index is 2.04. The van der Waals surface area contributed by atoms with Crippen LogP contribution in [0.3, 0.4) is 0 Å². The van der Waals surface area contributed by atoms with Crippen LogP contribution >= 0.6 is 0 Å². The number of ether oxygens (including phenoxy) is 2. The number of piperidine rings is 1. The highest BCUT2D eigenvalue weighted by molar-refractivity contribution is 5.87. The average Bonchev–Trinajstić information content (AvgIpc) is 2.80. The second-order valence-corrected chi connectivity index (χ2v) is 6.25. The molecule has 2 saturated heterocycles. The van der Waals surface area contributed by atoms with Crippen LogP contribution in [0.25, 0.3) is 0 Å². The molecule has 1 spiro atoms. The van der Waals surface area contributed by atoms with E-state index in [1.54, 1.807) is 14.2 Å². The van der Waals surface area contributed by atoms with Crippen molar-refractivity contribution in [2.45, 2.75) is 18.8 Å². The minimum atomic E-state index is -0.290. The quantitative estimate of drug-likeness (QED) is 0.922. The predicted molar refractivity (Wildman–Crippen MR) is 84.5 cm³/mol. The maximum absolute atomic E-state index is 12.8. The first-order valence-electron chi connectivity index (χ1n) is 7.80. The first kappa shape index (κ1) is 15.2. The van der Waals surface area contributed by atoms with Crippen molar-refractivity contribution < 1.29 is 14.3 Å². The van der Waals surface area contributed by atoms with E-state index in [9.17, 15) is 4.79 Å². The molecule has 2 aliphatic heterocycles. The van der Waals surface area contributed by atoms with Gasteiger partial charge in [0.15, 0.2) is 0 Å². The van der Waals surface area contributed by atoms with Crippen LogP contribution in [-0.4, -0.2) is 51.7 Å². The van der Waals surface area contributed by atoms with Gasteiger partial charge in [0.25, 0.3) is 0 Å². The van der Waals surface area contributed by atoms with Gasteiger partial charge >= 0.3 is 0 Å². The Morgan fingerprint density at radius 1 is 1.23 bits per heavy atom. The van der Waals surface area contributed by atoms with E-state index in [0.29, 0.717) is 0 Å². The first-order valence-corrected chi connectivity index (χ1v) is 7.80. The maximum Gasteiger partial charge on any atom is 0.229 e. The molecular formula is C17H24N2O3. The molecular weight excluding hydrogens is 280 g/mol. The number of nitrogens with zero attached hydrogens (tertiary/aromatic N) is 1. The Kier molecular flexibility index (Phi) is 4.00. The summed E-state index contributed by atoms with van der Waals surface area (Å²) in [6, 6.07) is 5.92. The lowest BCUT2D eigenvalue weighted by Crippen LogP contribution is -2.44. The van der Waals surface area contributed by atoms with Gasteiger partial charge in [-0.15, -0.1) is 0 Å². The molecule has 120 valence electrons. The van der Waals surface area contributed by atoms with E-state index < -0.39 is 0 Å². The molecule has 0 saturated carbocycles. The van der Waals surface area contributed by atoms with Crippen molar-refractivity contribution in [3.8, 4) is 11.5 Å². The summed E-state index contributed by atoms with van der Waals surface area (Å²) in [7, 11) is 5.23. The molecule has 0 radical (unpaired) electrons. The monoisotopic (exact) mass is 304 g/mol. The topological polar surface area (TPSA) is 50.8 Å². The number of likely N-dealkylation sites (tertiary alicyclic amines) is 1. The van der Waals surface area contributed by atoms with E-state index in [-0.39, 0.29) is 17.2 Å². The standard InChI is InChI=1S/C17H24N2O3/c1-19-11-14(17(16(19)20)6-8-18-9-7-17)13-5-4-12(21-2)10-15(13)22-3/h4-5,10,14,18H,6-9,11H2,1-3H3. The first-order chi connectivity index (χ1) is 10.6. The third-order valence-corrected chi connectivity index (χ3v) is 5.21. The Labute approximate surface area is 131 Å². The number of hydrogen-bond donors (Lipinski definition) is 1. The highest BCUT2D eigenvalue weighted by Crippen LogP contribution is 2.51. The fraction of sp³-hybridized carbons (Fsp3) is 0.588. The molecule has 3 rings (SSSR count). The van der Waals surface area contributed by atoms with Crippen LogP contribution in [0.15, 0.2) is 18.2 Å². The second-order valence-electron chi connectivity index (χ2n) is 6.25. The summed E-state index contributed by atoms with van der Waals surface area (Å²) in [6.45, 7) is 2.55. The minimum absolute atomic E-state index is 0.174. The maximum atomic E-state index is 12.8. The van der Waals surface area contributed by atoms with Crippen LogP contribution in [0.4, 0.5) is 0 Å². The molecule has 2 fully saturated rings. The Morgan fingerprint density at radius 3 is 2.59 bits per heavy atom. The number of rotatable bonds is 3. The summed E-state index contributed by atoms with van der Waals surface area (Å²) in [5.74, 6) is 2.04. The number of carbonyl (C=O) groups is 1. The summed E-state index contributed by atoms with van der Waals surface area (Å²) < 4.78 is 10.9. The number of nitrogens with one attached hydrogen (secondary N) is 1. The molecule has 1 aromatic carbocycles. The number of likely N-dealkylation sites (N-methyl/N-ethyl adjacent to an activating group) is 1. The van der Waals surface area contributed by atoms with Gasteiger partial charge in [-0.05, 0) is 32.0 Å². The van der Waals surface area contributed by atoms with Crippen molar-refractivity contribution in [2.24, 2.45) is 5.41 Å². The molecule has 2 aliphatic rings. The summed E-state index contributed by atoms with van der Waals surface area (Å²) in [4.78, 5) is 14.7. The van der Waals surface area contributed by atoms with Crippen molar-refractivity contribution in [3.63, 3.8) is 0 Å². The summed E-state index contributed by atoms with van der Waals surface area (Å²) in [5.41, 5.74) is 0.824. The SMILES string of the molecule is COc1ccc(C2CN(C)C(=O)C23CCNCC3)c(OC)c1. The van der Waals surface area contributed by atoms with E-state index in [0.717, 1.165) is 49.5 Å². The second kappa shape index (κ2) is 5.80. The largest absolute Gasteiger partial charge is 0.497 e. The van der Waals surface area contributed by atoms with Gasteiger partial charge in [0.2, 0.25) is 5.91 Å². The molecule has 5 heteroatoms. The molecule has 1 N–H and O–H groups in total. The normalized spacial score (nSPS) is 23.9. The zero-order chi connectivity index (χ0) is 15.7. The van der Waals surface area contributed by atoms with E-state index in [2.05, 4.69) is 11.4 Å². The van der Waals surface area contributed by atoms with Gasteiger partial charge in [-0.25, -0.2) is 0 Å². The lowest BCUT2D eigenvalue weighted by atomic mass is 9.68. The van der Waals surface area contributed by atoms with Crippen LogP contribution in [-0.2, 0) is 4.79 Å². The third-order valence-electron chi connectivity index (χ3n) is 5.21. The molecule has 1 amide bonds. The van der Waals surface area contributed by atoms with Crippen molar-refractivity contribution in [2.75, 3.05) is 40.9 Å². The molecule has 0 bridgehead atoms. The summed E-state index contributed by atoms with van der Waals surface area (Å²) in [5, 5.41) is 3.37. The van der Waals surface area contributed by atoms with Gasteiger partial charge in [-0.1, -0.05) is 6.07 Å². The fourth-order valence-corrected chi connectivity index (χ4v) is 4.00. The van der Waals surface area contributed by atoms with E-state index >= 15 is 0 Å². The number of methoxy groups -OCH3 is 2. The van der Waals surface area contributed by atoms with Crippen LogP contribution in [0.1, 0.15) is 24.3 Å². The van der Waals surface area contributed by atoms with Crippen LogP contribution < -0.4 is 14.8 Å². The molecule has 1 unspecified atom stereocenters. The number of benzene rings is 1. The van der Waals surface area contributed by atoms with Gasteiger partial charge in [-0.2, -0.15) is 0 Å². The molecule has 5 nitrogen and oxygen atoms in total. The molecule has 1 aromatic rings. The minimum Gasteiger partial charge on any atom is -0.497 e. The molecule has 2 heterocycles.